The van der Waals surface area contributed by atoms with E-state index in [1.165, 1.54) is 11.6 Å². The molecule has 1 aliphatic heterocycles. The van der Waals surface area contributed by atoms with Crippen molar-refractivity contribution in [1.82, 2.24) is 15.2 Å². The predicted molar refractivity (Wildman–Crippen MR) is 85.6 cm³/mol. The molecule has 3 aromatic rings. The van der Waals surface area contributed by atoms with Gasteiger partial charge in [0.05, 0.1) is 5.52 Å². The summed E-state index contributed by atoms with van der Waals surface area (Å²) in [6.07, 6.45) is 5.76. The molecule has 0 atom stereocenters. The van der Waals surface area contributed by atoms with Gasteiger partial charge >= 0.3 is 0 Å². The molecule has 0 spiro atoms. The van der Waals surface area contributed by atoms with Crippen molar-refractivity contribution in [1.29, 1.82) is 0 Å². The van der Waals surface area contributed by atoms with E-state index < -0.39 is 0 Å². The van der Waals surface area contributed by atoms with Crippen LogP contribution in [-0.4, -0.2) is 27.6 Å². The third kappa shape index (κ3) is 1.83. The lowest BCUT2D eigenvalue weighted by Crippen LogP contribution is -2.26. The summed E-state index contributed by atoms with van der Waals surface area (Å²) in [5.41, 5.74) is 4.90. The Balaban J connectivity index is 1.85. The fourth-order valence-electron chi connectivity index (χ4n) is 2.94. The molecule has 0 unspecified atom stereocenters. The molecule has 0 aliphatic carbocycles. The lowest BCUT2D eigenvalue weighted by Gasteiger charge is -2.15. The molecule has 4 rings (SSSR count). The molecule has 0 saturated carbocycles. The largest absolute Gasteiger partial charge is 0.308 e. The van der Waals surface area contributed by atoms with Crippen molar-refractivity contribution < 1.29 is 4.79 Å². The van der Waals surface area contributed by atoms with E-state index >= 15 is 0 Å². The number of amides is 1. The summed E-state index contributed by atoms with van der Waals surface area (Å²) in [5, 5.41) is 8.38. The standard InChI is InChI=1S/C17H14N4O/c1-2-16(22)21-8-6-11-3-4-12(9-15(11)21)17-13-10-18-7-5-14(13)19-20-17/h2-5,7,9-10H,1,6,8H2,(H,19,20). The Morgan fingerprint density at radius 3 is 3.14 bits per heavy atom. The minimum atomic E-state index is -0.0653. The molecular formula is C17H14N4O. The number of H-pyrrole nitrogens is 1. The Bertz CT molecular complexity index is 897. The summed E-state index contributed by atoms with van der Waals surface area (Å²) >= 11 is 0. The van der Waals surface area contributed by atoms with Gasteiger partial charge in [-0.2, -0.15) is 5.10 Å². The minimum absolute atomic E-state index is 0.0653. The molecule has 5 nitrogen and oxygen atoms in total. The van der Waals surface area contributed by atoms with Crippen LogP contribution < -0.4 is 4.90 Å². The Morgan fingerprint density at radius 1 is 1.36 bits per heavy atom. The van der Waals surface area contributed by atoms with E-state index in [4.69, 9.17) is 0 Å². The van der Waals surface area contributed by atoms with E-state index in [-0.39, 0.29) is 5.91 Å². The molecule has 3 heterocycles. The van der Waals surface area contributed by atoms with Crippen LogP contribution in [0.2, 0.25) is 0 Å². The van der Waals surface area contributed by atoms with Crippen LogP contribution in [0, 0.1) is 0 Å². The monoisotopic (exact) mass is 290 g/mol. The van der Waals surface area contributed by atoms with Crippen LogP contribution in [0.3, 0.4) is 0 Å². The zero-order valence-corrected chi connectivity index (χ0v) is 11.9. The Morgan fingerprint density at radius 2 is 2.27 bits per heavy atom. The highest BCUT2D eigenvalue weighted by atomic mass is 16.2. The van der Waals surface area contributed by atoms with Gasteiger partial charge in [0.1, 0.15) is 5.69 Å². The second kappa shape index (κ2) is 4.80. The van der Waals surface area contributed by atoms with Crippen LogP contribution in [0.25, 0.3) is 22.2 Å². The summed E-state index contributed by atoms with van der Waals surface area (Å²) in [6.45, 7) is 4.28. The summed E-state index contributed by atoms with van der Waals surface area (Å²) in [5.74, 6) is -0.0653. The first-order chi connectivity index (χ1) is 10.8. The average Bonchev–Trinajstić information content (AvgIpc) is 3.17. The Kier molecular flexibility index (Phi) is 2.79. The average molecular weight is 290 g/mol. The number of aromatic amines is 1. The zero-order chi connectivity index (χ0) is 15.1. The quantitative estimate of drug-likeness (QED) is 0.738. The number of carbonyl (C=O) groups is 1. The number of pyridine rings is 1. The summed E-state index contributed by atoms with van der Waals surface area (Å²) < 4.78 is 0. The molecule has 0 radical (unpaired) electrons. The third-order valence-electron chi connectivity index (χ3n) is 4.06. The molecule has 1 amide bonds. The third-order valence-corrected chi connectivity index (χ3v) is 4.06. The molecule has 22 heavy (non-hydrogen) atoms. The molecule has 0 bridgehead atoms. The van der Waals surface area contributed by atoms with Gasteiger partial charge in [-0.25, -0.2) is 0 Å². The lowest BCUT2D eigenvalue weighted by atomic mass is 10.0. The van der Waals surface area contributed by atoms with Gasteiger partial charge in [-0.1, -0.05) is 18.7 Å². The van der Waals surface area contributed by atoms with E-state index in [1.807, 2.05) is 18.2 Å². The highest BCUT2D eigenvalue weighted by molar-refractivity contribution is 6.03. The van der Waals surface area contributed by atoms with Crippen molar-refractivity contribution >= 4 is 22.5 Å². The van der Waals surface area contributed by atoms with Crippen molar-refractivity contribution in [2.24, 2.45) is 0 Å². The van der Waals surface area contributed by atoms with Crippen LogP contribution in [0.4, 0.5) is 5.69 Å². The van der Waals surface area contributed by atoms with Gasteiger partial charge < -0.3 is 4.90 Å². The highest BCUT2D eigenvalue weighted by Gasteiger charge is 2.23. The molecule has 1 N–H and O–H groups in total. The molecule has 108 valence electrons. The molecule has 0 saturated heterocycles. The number of hydrogen-bond acceptors (Lipinski definition) is 3. The number of nitrogens with one attached hydrogen (secondary N) is 1. The van der Waals surface area contributed by atoms with Gasteiger partial charge in [-0.3, -0.25) is 14.9 Å². The van der Waals surface area contributed by atoms with Gasteiger partial charge in [0.15, 0.2) is 0 Å². The number of fused-ring (bicyclic) bond motifs is 2. The number of nitrogens with zero attached hydrogens (tertiary/aromatic N) is 3. The van der Waals surface area contributed by atoms with Gasteiger partial charge in [-0.15, -0.1) is 0 Å². The Labute approximate surface area is 127 Å². The van der Waals surface area contributed by atoms with E-state index in [9.17, 15) is 4.79 Å². The zero-order valence-electron chi connectivity index (χ0n) is 11.9. The van der Waals surface area contributed by atoms with Crippen molar-refractivity contribution in [3.8, 4) is 11.3 Å². The van der Waals surface area contributed by atoms with E-state index in [0.29, 0.717) is 6.54 Å². The number of anilines is 1. The maximum Gasteiger partial charge on any atom is 0.250 e. The van der Waals surface area contributed by atoms with E-state index in [0.717, 1.165) is 34.3 Å². The highest BCUT2D eigenvalue weighted by Crippen LogP contribution is 2.34. The van der Waals surface area contributed by atoms with E-state index in [1.54, 1.807) is 17.3 Å². The molecule has 1 aliphatic rings. The maximum absolute atomic E-state index is 12.0. The molecule has 1 aromatic carbocycles. The van der Waals surface area contributed by atoms with Crippen LogP contribution in [0.1, 0.15) is 5.56 Å². The lowest BCUT2D eigenvalue weighted by molar-refractivity contribution is -0.114. The normalized spacial score (nSPS) is 13.4. The van der Waals surface area contributed by atoms with Crippen molar-refractivity contribution in [2.75, 3.05) is 11.4 Å². The number of rotatable bonds is 2. The van der Waals surface area contributed by atoms with Crippen LogP contribution >= 0.6 is 0 Å². The second-order valence-electron chi connectivity index (χ2n) is 5.28. The summed E-state index contributed by atoms with van der Waals surface area (Å²) in [6, 6.07) is 8.03. The second-order valence-corrected chi connectivity index (χ2v) is 5.28. The summed E-state index contributed by atoms with van der Waals surface area (Å²) in [4.78, 5) is 17.9. The first-order valence-corrected chi connectivity index (χ1v) is 7.13. The number of aromatic nitrogens is 3. The van der Waals surface area contributed by atoms with Crippen LogP contribution in [0.15, 0.2) is 49.3 Å². The minimum Gasteiger partial charge on any atom is -0.308 e. The first kappa shape index (κ1) is 12.8. The van der Waals surface area contributed by atoms with Crippen molar-refractivity contribution in [2.45, 2.75) is 6.42 Å². The van der Waals surface area contributed by atoms with Gasteiger partial charge in [-0.05, 0) is 30.2 Å². The molecule has 0 fully saturated rings. The van der Waals surface area contributed by atoms with Crippen molar-refractivity contribution in [3.63, 3.8) is 0 Å². The molecular weight excluding hydrogens is 276 g/mol. The number of hydrogen-bond donors (Lipinski definition) is 1. The van der Waals surface area contributed by atoms with Gasteiger partial charge in [0.25, 0.3) is 0 Å². The SMILES string of the molecule is C=CC(=O)N1CCc2ccc(-c3n[nH]c4ccncc34)cc21. The fourth-order valence-corrected chi connectivity index (χ4v) is 2.94. The fraction of sp³-hybridized carbons (Fsp3) is 0.118. The Hall–Kier alpha value is -2.95. The van der Waals surface area contributed by atoms with Gasteiger partial charge in [0.2, 0.25) is 5.91 Å². The topological polar surface area (TPSA) is 61.9 Å². The number of benzene rings is 1. The summed E-state index contributed by atoms with van der Waals surface area (Å²) in [7, 11) is 0. The van der Waals surface area contributed by atoms with E-state index in [2.05, 4.69) is 27.8 Å². The number of carbonyl (C=O) groups excluding carboxylic acids is 1. The first-order valence-electron chi connectivity index (χ1n) is 7.13. The smallest absolute Gasteiger partial charge is 0.250 e. The molecule has 2 aromatic heterocycles. The van der Waals surface area contributed by atoms with Gasteiger partial charge in [0, 0.05) is 35.6 Å². The molecule has 5 heteroatoms. The van der Waals surface area contributed by atoms with Crippen LogP contribution in [-0.2, 0) is 11.2 Å². The van der Waals surface area contributed by atoms with Crippen LogP contribution in [0.5, 0.6) is 0 Å². The maximum atomic E-state index is 12.0. The van der Waals surface area contributed by atoms with Crippen molar-refractivity contribution in [3.05, 3.63) is 54.9 Å². The predicted octanol–water partition coefficient (Wildman–Crippen LogP) is 2.70.